The Morgan fingerprint density at radius 1 is 1.42 bits per heavy atom. The van der Waals surface area contributed by atoms with E-state index in [0.29, 0.717) is 0 Å². The first kappa shape index (κ1) is 15.3. The molecule has 0 aliphatic carbocycles. The maximum Gasteiger partial charge on any atom is 0.335 e. The Kier molecular flexibility index (Phi) is 5.14. The first-order chi connectivity index (χ1) is 8.79. The zero-order valence-corrected chi connectivity index (χ0v) is 11.3. The second-order valence-electron chi connectivity index (χ2n) is 4.19. The number of urea groups is 1. The fourth-order valence-electron chi connectivity index (χ4n) is 1.48. The molecule has 3 N–H and O–H groups in total. The van der Waals surface area contributed by atoms with Crippen LogP contribution in [-0.4, -0.2) is 46.8 Å². The van der Waals surface area contributed by atoms with Crippen molar-refractivity contribution in [1.29, 1.82) is 0 Å². The molecular formula is C12H15ClN2O4. The Hall–Kier alpha value is -1.79. The standard InChI is InChI=1S/C12H15ClN2O4/c1-7(16)6-15(2)12(19)14-10-4-8(11(17)18)3-9(13)5-10/h3-5,7,16H,6H2,1-2H3,(H,14,19)(H,17,18). The second-order valence-corrected chi connectivity index (χ2v) is 4.63. The van der Waals surface area contributed by atoms with Crippen molar-refractivity contribution in [1.82, 2.24) is 4.90 Å². The Labute approximate surface area is 115 Å². The smallest absolute Gasteiger partial charge is 0.335 e. The van der Waals surface area contributed by atoms with Gasteiger partial charge in [-0.15, -0.1) is 0 Å². The summed E-state index contributed by atoms with van der Waals surface area (Å²) in [5.41, 5.74) is 0.272. The number of hydrogen-bond donors (Lipinski definition) is 3. The van der Waals surface area contributed by atoms with Gasteiger partial charge in [-0.25, -0.2) is 9.59 Å². The second kappa shape index (κ2) is 6.40. The first-order valence-corrected chi connectivity index (χ1v) is 5.91. The fraction of sp³-hybridized carbons (Fsp3) is 0.333. The minimum absolute atomic E-state index is 0.0130. The number of carboxylic acid groups (broad SMARTS) is 1. The average molecular weight is 287 g/mol. The van der Waals surface area contributed by atoms with Crippen molar-refractivity contribution in [2.24, 2.45) is 0 Å². The Bertz CT molecular complexity index is 491. The topological polar surface area (TPSA) is 89.9 Å². The van der Waals surface area contributed by atoms with Gasteiger partial charge in [0.1, 0.15) is 0 Å². The Morgan fingerprint density at radius 2 is 2.05 bits per heavy atom. The van der Waals surface area contributed by atoms with E-state index in [-0.39, 0.29) is 22.8 Å². The quantitative estimate of drug-likeness (QED) is 0.788. The predicted molar refractivity (Wildman–Crippen MR) is 71.7 cm³/mol. The van der Waals surface area contributed by atoms with E-state index >= 15 is 0 Å². The lowest BCUT2D eigenvalue weighted by molar-refractivity contribution is 0.0697. The van der Waals surface area contributed by atoms with E-state index < -0.39 is 18.1 Å². The molecule has 0 aliphatic rings. The van der Waals surface area contributed by atoms with Crippen LogP contribution in [0.1, 0.15) is 17.3 Å². The van der Waals surface area contributed by atoms with Crippen LogP contribution in [0.3, 0.4) is 0 Å². The summed E-state index contributed by atoms with van der Waals surface area (Å²) in [6.07, 6.45) is -0.648. The third-order valence-electron chi connectivity index (χ3n) is 2.28. The molecule has 0 saturated heterocycles. The van der Waals surface area contributed by atoms with Gasteiger partial charge in [0.25, 0.3) is 0 Å². The summed E-state index contributed by atoms with van der Waals surface area (Å²) in [7, 11) is 1.52. The highest BCUT2D eigenvalue weighted by molar-refractivity contribution is 6.31. The maximum absolute atomic E-state index is 11.8. The number of hydrogen-bond acceptors (Lipinski definition) is 3. The third kappa shape index (κ3) is 4.76. The number of nitrogens with one attached hydrogen (secondary N) is 1. The van der Waals surface area contributed by atoms with Gasteiger partial charge in [-0.2, -0.15) is 0 Å². The number of aromatic carboxylic acids is 1. The lowest BCUT2D eigenvalue weighted by Crippen LogP contribution is -2.36. The Morgan fingerprint density at radius 3 is 2.58 bits per heavy atom. The molecule has 1 aromatic carbocycles. The SMILES string of the molecule is CC(O)CN(C)C(=O)Nc1cc(Cl)cc(C(=O)O)c1. The number of amides is 2. The van der Waals surface area contributed by atoms with Gasteiger partial charge in [0.2, 0.25) is 0 Å². The number of likely N-dealkylation sites (N-methyl/N-ethyl adjacent to an activating group) is 1. The van der Waals surface area contributed by atoms with Crippen LogP contribution in [0, 0.1) is 0 Å². The van der Waals surface area contributed by atoms with Crippen LogP contribution >= 0.6 is 11.6 Å². The molecule has 0 bridgehead atoms. The van der Waals surface area contributed by atoms with Crippen LogP contribution in [0.2, 0.25) is 5.02 Å². The fourth-order valence-corrected chi connectivity index (χ4v) is 1.72. The molecule has 104 valence electrons. The molecule has 1 rings (SSSR count). The molecule has 1 aromatic rings. The number of anilines is 1. The van der Waals surface area contributed by atoms with Gasteiger partial charge in [0.15, 0.2) is 0 Å². The van der Waals surface area contributed by atoms with E-state index in [1.807, 2.05) is 0 Å². The average Bonchev–Trinajstić information content (AvgIpc) is 2.26. The molecule has 0 spiro atoms. The molecule has 0 aliphatic heterocycles. The molecule has 1 unspecified atom stereocenters. The zero-order chi connectivity index (χ0) is 14.6. The molecular weight excluding hydrogens is 272 g/mol. The summed E-state index contributed by atoms with van der Waals surface area (Å²) in [5, 5.41) is 20.8. The van der Waals surface area contributed by atoms with Crippen LogP contribution in [0.5, 0.6) is 0 Å². The summed E-state index contributed by atoms with van der Waals surface area (Å²) in [6, 6.07) is 3.59. The largest absolute Gasteiger partial charge is 0.478 e. The number of carboxylic acids is 1. The maximum atomic E-state index is 11.8. The minimum Gasteiger partial charge on any atom is -0.478 e. The van der Waals surface area contributed by atoms with Gasteiger partial charge < -0.3 is 20.4 Å². The van der Waals surface area contributed by atoms with Crippen LogP contribution in [-0.2, 0) is 0 Å². The van der Waals surface area contributed by atoms with Gasteiger partial charge in [0.05, 0.1) is 11.7 Å². The molecule has 0 fully saturated rings. The predicted octanol–water partition coefficient (Wildman–Crippen LogP) is 1.88. The third-order valence-corrected chi connectivity index (χ3v) is 2.50. The number of aliphatic hydroxyl groups is 1. The van der Waals surface area contributed by atoms with Crippen molar-refractivity contribution in [2.45, 2.75) is 13.0 Å². The van der Waals surface area contributed by atoms with Gasteiger partial charge in [0, 0.05) is 24.3 Å². The Balaban J connectivity index is 2.82. The normalized spacial score (nSPS) is 11.8. The summed E-state index contributed by atoms with van der Waals surface area (Å²) in [5.74, 6) is -1.13. The van der Waals surface area contributed by atoms with Gasteiger partial charge in [-0.1, -0.05) is 11.6 Å². The molecule has 0 radical (unpaired) electrons. The van der Waals surface area contributed by atoms with Gasteiger partial charge in [-0.05, 0) is 25.1 Å². The summed E-state index contributed by atoms with van der Waals surface area (Å²) in [4.78, 5) is 23.9. The van der Waals surface area contributed by atoms with Crippen molar-refractivity contribution in [3.05, 3.63) is 28.8 Å². The number of aliphatic hydroxyl groups excluding tert-OH is 1. The van der Waals surface area contributed by atoms with E-state index in [9.17, 15) is 14.7 Å². The number of carbonyl (C=O) groups is 2. The number of nitrogens with zero attached hydrogens (tertiary/aromatic N) is 1. The molecule has 1 atom stereocenters. The first-order valence-electron chi connectivity index (χ1n) is 5.53. The van der Waals surface area contributed by atoms with E-state index in [0.717, 1.165) is 0 Å². The van der Waals surface area contributed by atoms with Crippen molar-refractivity contribution in [2.75, 3.05) is 18.9 Å². The summed E-state index contributed by atoms with van der Waals surface area (Å²) < 4.78 is 0. The van der Waals surface area contributed by atoms with Crippen LogP contribution in [0.15, 0.2) is 18.2 Å². The van der Waals surface area contributed by atoms with Gasteiger partial charge in [-0.3, -0.25) is 0 Å². The van der Waals surface area contributed by atoms with Crippen LogP contribution in [0.4, 0.5) is 10.5 Å². The number of halogens is 1. The van der Waals surface area contributed by atoms with Crippen molar-refractivity contribution >= 4 is 29.3 Å². The van der Waals surface area contributed by atoms with Crippen molar-refractivity contribution < 1.29 is 19.8 Å². The van der Waals surface area contributed by atoms with E-state index in [1.165, 1.54) is 30.1 Å². The molecule has 0 heterocycles. The molecule has 19 heavy (non-hydrogen) atoms. The van der Waals surface area contributed by atoms with E-state index in [1.54, 1.807) is 6.92 Å². The molecule has 0 aromatic heterocycles. The van der Waals surface area contributed by atoms with Crippen LogP contribution < -0.4 is 5.32 Å². The number of rotatable bonds is 4. The highest BCUT2D eigenvalue weighted by atomic mass is 35.5. The lowest BCUT2D eigenvalue weighted by atomic mass is 10.2. The minimum atomic E-state index is -1.13. The highest BCUT2D eigenvalue weighted by Gasteiger charge is 2.13. The van der Waals surface area contributed by atoms with E-state index in [2.05, 4.69) is 5.32 Å². The lowest BCUT2D eigenvalue weighted by Gasteiger charge is -2.19. The molecule has 7 heteroatoms. The molecule has 2 amide bonds. The number of carbonyl (C=O) groups excluding carboxylic acids is 1. The summed E-state index contributed by atoms with van der Waals surface area (Å²) in [6.45, 7) is 1.73. The van der Waals surface area contributed by atoms with E-state index in [4.69, 9.17) is 16.7 Å². The number of benzene rings is 1. The molecule has 0 saturated carbocycles. The summed E-state index contributed by atoms with van der Waals surface area (Å²) >= 11 is 5.77. The highest BCUT2D eigenvalue weighted by Crippen LogP contribution is 2.19. The van der Waals surface area contributed by atoms with Gasteiger partial charge >= 0.3 is 12.0 Å². The molecule has 6 nitrogen and oxygen atoms in total. The monoisotopic (exact) mass is 286 g/mol. The zero-order valence-electron chi connectivity index (χ0n) is 10.6. The van der Waals surface area contributed by atoms with Crippen molar-refractivity contribution in [3.8, 4) is 0 Å². The van der Waals surface area contributed by atoms with Crippen LogP contribution in [0.25, 0.3) is 0 Å². The van der Waals surface area contributed by atoms with Crippen molar-refractivity contribution in [3.63, 3.8) is 0 Å².